The molecule has 2 N–H and O–H groups in total. The highest BCUT2D eigenvalue weighted by molar-refractivity contribution is 7.47. The minimum absolute atomic E-state index is 0.0429. The molecular weight excluding hydrogens is 1160 g/mol. The van der Waals surface area contributed by atoms with Gasteiger partial charge in [0.15, 0.2) is 0 Å². The van der Waals surface area contributed by atoms with Crippen molar-refractivity contribution in [3.63, 3.8) is 0 Å². The predicted octanol–water partition coefficient (Wildman–Crippen LogP) is 26.3. The Morgan fingerprint density at radius 2 is 0.663 bits per heavy atom. The van der Waals surface area contributed by atoms with Gasteiger partial charge in [-0.15, -0.1) is 0 Å². The molecule has 0 heterocycles. The maximum Gasteiger partial charge on any atom is 0.472 e. The number of nitrogens with zero attached hydrogens (tertiary/aromatic N) is 1. The van der Waals surface area contributed by atoms with Gasteiger partial charge in [0.25, 0.3) is 0 Å². The third-order valence-corrected chi connectivity index (χ3v) is 19.5. The third-order valence-electron chi connectivity index (χ3n) is 18.5. The van der Waals surface area contributed by atoms with Gasteiger partial charge in [-0.05, 0) is 70.3 Å². The number of nitrogens with one attached hydrogen (secondary N) is 1. The summed E-state index contributed by atoms with van der Waals surface area (Å²) in [5, 5.41) is 3.09. The second kappa shape index (κ2) is 71.7. The lowest BCUT2D eigenvalue weighted by Crippen LogP contribution is -2.47. The normalized spacial score (nSPS) is 13.6. The number of quaternary nitrogens is 1. The molecule has 0 spiro atoms. The molecule has 3 atom stereocenters. The minimum Gasteiger partial charge on any atom is -0.456 e. The van der Waals surface area contributed by atoms with E-state index < -0.39 is 20.0 Å². The number of carbonyl (C=O) groups is 2. The lowest BCUT2D eigenvalue weighted by atomic mass is 10.0. The molecular formula is C82H158N2O7P+. The van der Waals surface area contributed by atoms with Gasteiger partial charge in [-0.25, -0.2) is 4.57 Å². The topological polar surface area (TPSA) is 111 Å². The van der Waals surface area contributed by atoms with Gasteiger partial charge in [-0.3, -0.25) is 18.6 Å². The largest absolute Gasteiger partial charge is 0.472 e. The van der Waals surface area contributed by atoms with Crippen LogP contribution in [0.15, 0.2) is 48.6 Å². The number of amides is 1. The molecule has 0 saturated heterocycles. The minimum atomic E-state index is -4.46. The lowest BCUT2D eigenvalue weighted by molar-refractivity contribution is -0.870. The highest BCUT2D eigenvalue weighted by atomic mass is 31.2. The SMILES string of the molecule is CCCCC/C=C\C/C=C\C/C=C\CCCCCCCCCCCCCCCCC(=O)OC(/C=C/CCCCCCCCCCCC)C(COP(=O)(O)OCC[N+](C)(C)C)NC(=O)CCCCCCCCCCCCCCCCCCCCCCCCCCCCC. The van der Waals surface area contributed by atoms with E-state index in [-0.39, 0.29) is 25.1 Å². The van der Waals surface area contributed by atoms with Gasteiger partial charge in [-0.1, -0.05) is 378 Å². The summed E-state index contributed by atoms with van der Waals surface area (Å²) in [6.07, 6.45) is 93.0. The summed E-state index contributed by atoms with van der Waals surface area (Å²) < 4.78 is 30.9. The molecule has 9 nitrogen and oxygen atoms in total. The van der Waals surface area contributed by atoms with E-state index in [1.165, 1.54) is 308 Å². The Hall–Kier alpha value is -2.03. The van der Waals surface area contributed by atoms with Crippen molar-refractivity contribution in [2.24, 2.45) is 0 Å². The van der Waals surface area contributed by atoms with Crippen LogP contribution >= 0.6 is 7.82 Å². The predicted molar refractivity (Wildman–Crippen MR) is 402 cm³/mol. The molecule has 0 aromatic carbocycles. The Labute approximate surface area is 573 Å². The van der Waals surface area contributed by atoms with Crippen molar-refractivity contribution in [2.45, 2.75) is 425 Å². The number of ether oxygens (including phenoxy) is 1. The van der Waals surface area contributed by atoms with E-state index in [2.05, 4.69) is 68.6 Å². The number of phosphoric acid groups is 1. The first-order valence-corrected chi connectivity index (χ1v) is 42.0. The summed E-state index contributed by atoms with van der Waals surface area (Å²) in [6, 6.07) is -0.847. The molecule has 0 aliphatic heterocycles. The van der Waals surface area contributed by atoms with E-state index in [0.717, 1.165) is 70.6 Å². The number of carbonyl (C=O) groups excluding carboxylic acids is 2. The molecule has 0 aromatic rings. The van der Waals surface area contributed by atoms with Crippen molar-refractivity contribution >= 4 is 19.7 Å². The first-order chi connectivity index (χ1) is 44.9. The molecule has 0 aromatic heterocycles. The smallest absolute Gasteiger partial charge is 0.456 e. The second-order valence-electron chi connectivity index (χ2n) is 29.0. The average Bonchev–Trinajstić information content (AvgIpc) is 3.72. The molecule has 1 amide bonds. The van der Waals surface area contributed by atoms with E-state index in [4.69, 9.17) is 13.8 Å². The Kier molecular flexibility index (Phi) is 70.2. The van der Waals surface area contributed by atoms with E-state index >= 15 is 0 Å². The van der Waals surface area contributed by atoms with Crippen molar-refractivity contribution in [1.29, 1.82) is 0 Å². The molecule has 0 aliphatic carbocycles. The van der Waals surface area contributed by atoms with Crippen molar-refractivity contribution in [1.82, 2.24) is 5.32 Å². The lowest BCUT2D eigenvalue weighted by Gasteiger charge is -2.27. The summed E-state index contributed by atoms with van der Waals surface area (Å²) in [7, 11) is 1.52. The number of phosphoric ester groups is 1. The molecule has 0 aliphatic rings. The number of unbranched alkanes of at least 4 members (excludes halogenated alkanes) is 53. The number of likely N-dealkylation sites (N-methyl/N-ethyl adjacent to an activating group) is 1. The fourth-order valence-electron chi connectivity index (χ4n) is 12.3. The van der Waals surface area contributed by atoms with Crippen LogP contribution in [-0.2, 0) is 27.9 Å². The molecule has 0 fully saturated rings. The van der Waals surface area contributed by atoms with Crippen LogP contribution < -0.4 is 5.32 Å². The van der Waals surface area contributed by atoms with E-state index in [0.29, 0.717) is 23.9 Å². The summed E-state index contributed by atoms with van der Waals surface area (Å²) >= 11 is 0. The van der Waals surface area contributed by atoms with Crippen molar-refractivity contribution in [2.75, 3.05) is 40.9 Å². The van der Waals surface area contributed by atoms with Crippen LogP contribution in [0.3, 0.4) is 0 Å². The number of hydrogen-bond donors (Lipinski definition) is 2. The standard InChI is InChI=1S/C82H157N2O7P/c1-7-10-13-16-19-22-25-28-30-32-34-36-38-40-42-44-46-48-50-52-54-56-59-62-65-68-71-74-81(85)83-79(78-90-92(87,88)89-77-76-84(4,5)6)80(73-70-67-64-61-58-27-24-21-18-15-12-9-3)91-82(86)75-72-69-66-63-60-57-55-53-51-49-47-45-43-41-39-37-35-33-31-29-26-23-20-17-14-11-8-2/h20,23,29,31,35,37,70,73,79-80H,7-19,21-22,24-28,30,32-34,36,38-69,71-72,74-78H2,1-6H3,(H-,83,85,87,88)/p+1/b23-20-,31-29-,37-35-,73-70+. The summed E-state index contributed by atoms with van der Waals surface area (Å²) in [6.45, 7) is 7.06. The van der Waals surface area contributed by atoms with Crippen LogP contribution in [0.2, 0.25) is 0 Å². The summed E-state index contributed by atoms with van der Waals surface area (Å²) in [5.74, 6) is -0.482. The van der Waals surface area contributed by atoms with E-state index in [9.17, 15) is 19.0 Å². The molecule has 10 heteroatoms. The van der Waals surface area contributed by atoms with Crippen LogP contribution in [0, 0.1) is 0 Å². The van der Waals surface area contributed by atoms with Gasteiger partial charge >= 0.3 is 13.8 Å². The zero-order valence-electron chi connectivity index (χ0n) is 62.3. The van der Waals surface area contributed by atoms with Gasteiger partial charge in [0.05, 0.1) is 33.8 Å². The molecule has 92 heavy (non-hydrogen) atoms. The van der Waals surface area contributed by atoms with Crippen LogP contribution in [0.5, 0.6) is 0 Å². The number of rotatable bonds is 75. The first kappa shape index (κ1) is 90.0. The molecule has 0 saturated carbocycles. The number of esters is 1. The Bertz CT molecular complexity index is 1710. The fourth-order valence-corrected chi connectivity index (χ4v) is 13.0. The van der Waals surface area contributed by atoms with Crippen molar-refractivity contribution in [3.05, 3.63) is 48.6 Å². The maximum absolute atomic E-state index is 13.7. The van der Waals surface area contributed by atoms with Gasteiger partial charge in [0, 0.05) is 12.8 Å². The first-order valence-electron chi connectivity index (χ1n) is 40.5. The second-order valence-corrected chi connectivity index (χ2v) is 30.4. The van der Waals surface area contributed by atoms with Crippen LogP contribution in [0.25, 0.3) is 0 Å². The zero-order chi connectivity index (χ0) is 67.0. The molecule has 542 valence electrons. The fraction of sp³-hybridized carbons (Fsp3) is 0.878. The quantitative estimate of drug-likeness (QED) is 0.0205. The van der Waals surface area contributed by atoms with Crippen LogP contribution in [0.1, 0.15) is 412 Å². The molecule has 0 rings (SSSR count). The van der Waals surface area contributed by atoms with Crippen molar-refractivity contribution < 1.29 is 37.3 Å². The zero-order valence-corrected chi connectivity index (χ0v) is 63.2. The van der Waals surface area contributed by atoms with E-state index in [1.807, 2.05) is 27.2 Å². The summed E-state index contributed by atoms with van der Waals surface area (Å²) in [4.78, 5) is 38.0. The Balaban J connectivity index is 4.87. The number of allylic oxidation sites excluding steroid dienone is 7. The molecule has 3 unspecified atom stereocenters. The van der Waals surface area contributed by atoms with Gasteiger partial charge in [0.1, 0.15) is 19.3 Å². The summed E-state index contributed by atoms with van der Waals surface area (Å²) in [5.41, 5.74) is 0. The van der Waals surface area contributed by atoms with Crippen LogP contribution in [0.4, 0.5) is 0 Å². The monoisotopic (exact) mass is 1310 g/mol. The Morgan fingerprint density at radius 3 is 1.01 bits per heavy atom. The Morgan fingerprint density at radius 1 is 0.380 bits per heavy atom. The maximum atomic E-state index is 13.7. The third kappa shape index (κ3) is 72.2. The van der Waals surface area contributed by atoms with Gasteiger partial charge < -0.3 is 19.4 Å². The van der Waals surface area contributed by atoms with Gasteiger partial charge in [-0.2, -0.15) is 0 Å². The molecule has 0 bridgehead atoms. The van der Waals surface area contributed by atoms with Crippen molar-refractivity contribution in [3.8, 4) is 0 Å². The average molecular weight is 1320 g/mol. The highest BCUT2D eigenvalue weighted by Gasteiger charge is 2.30. The highest BCUT2D eigenvalue weighted by Crippen LogP contribution is 2.43. The van der Waals surface area contributed by atoms with Gasteiger partial charge in [0.2, 0.25) is 5.91 Å². The van der Waals surface area contributed by atoms with E-state index in [1.54, 1.807) is 0 Å². The van der Waals surface area contributed by atoms with Crippen LogP contribution in [-0.4, -0.2) is 74.3 Å². The molecule has 0 radical (unpaired) electrons. The number of hydrogen-bond acceptors (Lipinski definition) is 6.